The van der Waals surface area contributed by atoms with Crippen LogP contribution in [0.1, 0.15) is 52.9 Å². The fourth-order valence-electron chi connectivity index (χ4n) is 2.56. The van der Waals surface area contributed by atoms with Gasteiger partial charge in [0.25, 0.3) is 0 Å². The molecule has 88 valence electrons. The molecule has 0 bridgehead atoms. The van der Waals surface area contributed by atoms with Crippen LogP contribution in [0.2, 0.25) is 0 Å². The van der Waals surface area contributed by atoms with Gasteiger partial charge in [-0.3, -0.25) is 11.3 Å². The summed E-state index contributed by atoms with van der Waals surface area (Å²) in [4.78, 5) is 0. The number of hydrogen-bond donors (Lipinski definition) is 2. The number of rotatable bonds is 4. The molecule has 1 unspecified atom stereocenters. The smallest absolute Gasteiger partial charge is 0.0275 e. The number of nitrogens with two attached hydrogens (primary N) is 1. The third kappa shape index (κ3) is 3.96. The maximum absolute atomic E-state index is 5.63. The zero-order valence-electron chi connectivity index (χ0n) is 10.5. The van der Waals surface area contributed by atoms with Crippen LogP contribution in [-0.2, 0) is 0 Å². The standard InChI is InChI=1S/C13H26N2/c1-10(2)9-12(15-14)11-5-7-13(3,4)8-6-11/h11-12,15H,1,5-9,14H2,2-4H3. The number of hydrazine groups is 1. The molecular formula is C13H26N2. The van der Waals surface area contributed by atoms with E-state index >= 15 is 0 Å². The lowest BCUT2D eigenvalue weighted by Crippen LogP contribution is -2.43. The molecule has 0 heterocycles. The monoisotopic (exact) mass is 210 g/mol. The van der Waals surface area contributed by atoms with Crippen molar-refractivity contribution in [3.8, 4) is 0 Å². The Labute approximate surface area is 94.3 Å². The van der Waals surface area contributed by atoms with Crippen LogP contribution in [0.4, 0.5) is 0 Å². The highest BCUT2D eigenvalue weighted by molar-refractivity contribution is 4.96. The first-order valence-electron chi connectivity index (χ1n) is 6.05. The highest BCUT2D eigenvalue weighted by Gasteiger charge is 2.30. The molecule has 3 N–H and O–H groups in total. The highest BCUT2D eigenvalue weighted by atomic mass is 15.2. The average molecular weight is 210 g/mol. The van der Waals surface area contributed by atoms with Gasteiger partial charge in [-0.25, -0.2) is 0 Å². The summed E-state index contributed by atoms with van der Waals surface area (Å²) in [5.41, 5.74) is 4.73. The quantitative estimate of drug-likeness (QED) is 0.425. The van der Waals surface area contributed by atoms with Gasteiger partial charge in [-0.1, -0.05) is 19.4 Å². The van der Waals surface area contributed by atoms with Gasteiger partial charge in [-0.15, -0.1) is 6.58 Å². The van der Waals surface area contributed by atoms with Gasteiger partial charge in [0.1, 0.15) is 0 Å². The van der Waals surface area contributed by atoms with Crippen LogP contribution < -0.4 is 11.3 Å². The summed E-state index contributed by atoms with van der Waals surface area (Å²) in [6.07, 6.45) is 6.27. The van der Waals surface area contributed by atoms with Crippen molar-refractivity contribution < 1.29 is 0 Å². The lowest BCUT2D eigenvalue weighted by atomic mass is 9.70. The van der Waals surface area contributed by atoms with Crippen molar-refractivity contribution in [2.45, 2.75) is 58.9 Å². The number of hydrogen-bond acceptors (Lipinski definition) is 2. The van der Waals surface area contributed by atoms with Crippen molar-refractivity contribution in [1.82, 2.24) is 5.43 Å². The molecule has 2 heteroatoms. The summed E-state index contributed by atoms with van der Waals surface area (Å²) in [6.45, 7) is 10.8. The van der Waals surface area contributed by atoms with Gasteiger partial charge in [0.15, 0.2) is 0 Å². The summed E-state index contributed by atoms with van der Waals surface area (Å²) >= 11 is 0. The van der Waals surface area contributed by atoms with Crippen molar-refractivity contribution in [2.75, 3.05) is 0 Å². The highest BCUT2D eigenvalue weighted by Crippen LogP contribution is 2.39. The van der Waals surface area contributed by atoms with E-state index in [1.807, 2.05) is 0 Å². The molecule has 0 spiro atoms. The maximum Gasteiger partial charge on any atom is 0.0275 e. The summed E-state index contributed by atoms with van der Waals surface area (Å²) in [7, 11) is 0. The Morgan fingerprint density at radius 3 is 2.40 bits per heavy atom. The minimum Gasteiger partial charge on any atom is -0.271 e. The molecule has 1 aliphatic carbocycles. The van der Waals surface area contributed by atoms with E-state index in [1.165, 1.54) is 31.3 Å². The van der Waals surface area contributed by atoms with E-state index in [0.29, 0.717) is 11.5 Å². The average Bonchev–Trinajstić information content (AvgIpc) is 2.14. The van der Waals surface area contributed by atoms with Crippen molar-refractivity contribution in [3.63, 3.8) is 0 Å². The van der Waals surface area contributed by atoms with Crippen LogP contribution >= 0.6 is 0 Å². The Balaban J connectivity index is 2.46. The predicted molar refractivity (Wildman–Crippen MR) is 66.3 cm³/mol. The fraction of sp³-hybridized carbons (Fsp3) is 0.846. The molecule has 0 saturated heterocycles. The Hall–Kier alpha value is -0.340. The molecule has 1 saturated carbocycles. The molecule has 1 rings (SSSR count). The summed E-state index contributed by atoms with van der Waals surface area (Å²) < 4.78 is 0. The molecule has 0 aromatic heterocycles. The zero-order chi connectivity index (χ0) is 11.5. The zero-order valence-corrected chi connectivity index (χ0v) is 10.5. The molecule has 1 fully saturated rings. The molecule has 2 nitrogen and oxygen atoms in total. The minimum atomic E-state index is 0.429. The van der Waals surface area contributed by atoms with E-state index in [2.05, 4.69) is 32.8 Å². The Kier molecular flexibility index (Phi) is 4.35. The van der Waals surface area contributed by atoms with Crippen molar-refractivity contribution in [2.24, 2.45) is 17.2 Å². The van der Waals surface area contributed by atoms with Crippen LogP contribution in [0.3, 0.4) is 0 Å². The fourth-order valence-corrected chi connectivity index (χ4v) is 2.56. The summed E-state index contributed by atoms with van der Waals surface area (Å²) in [6, 6.07) is 0.429. The maximum atomic E-state index is 5.63. The second-order valence-electron chi connectivity index (χ2n) is 5.94. The van der Waals surface area contributed by atoms with E-state index in [4.69, 9.17) is 5.84 Å². The summed E-state index contributed by atoms with van der Waals surface area (Å²) in [5, 5.41) is 0. The third-order valence-electron chi connectivity index (χ3n) is 3.74. The lowest BCUT2D eigenvalue weighted by Gasteiger charge is -2.37. The Morgan fingerprint density at radius 2 is 2.00 bits per heavy atom. The van der Waals surface area contributed by atoms with E-state index in [9.17, 15) is 0 Å². The van der Waals surface area contributed by atoms with Crippen LogP contribution in [-0.4, -0.2) is 6.04 Å². The molecule has 0 aromatic carbocycles. The van der Waals surface area contributed by atoms with Gasteiger partial charge < -0.3 is 0 Å². The predicted octanol–water partition coefficient (Wildman–Crippen LogP) is 3.00. The van der Waals surface area contributed by atoms with Gasteiger partial charge in [0.2, 0.25) is 0 Å². The first-order valence-corrected chi connectivity index (χ1v) is 6.05. The van der Waals surface area contributed by atoms with Crippen molar-refractivity contribution in [3.05, 3.63) is 12.2 Å². The normalized spacial score (nSPS) is 23.7. The third-order valence-corrected chi connectivity index (χ3v) is 3.74. The second-order valence-corrected chi connectivity index (χ2v) is 5.94. The van der Waals surface area contributed by atoms with E-state index in [0.717, 1.165) is 12.3 Å². The van der Waals surface area contributed by atoms with Gasteiger partial charge in [-0.05, 0) is 50.4 Å². The first kappa shape index (κ1) is 12.7. The molecule has 15 heavy (non-hydrogen) atoms. The van der Waals surface area contributed by atoms with E-state index in [1.54, 1.807) is 0 Å². The van der Waals surface area contributed by atoms with Gasteiger partial charge in [0.05, 0.1) is 0 Å². The minimum absolute atomic E-state index is 0.429. The first-order chi connectivity index (χ1) is 6.94. The van der Waals surface area contributed by atoms with E-state index in [-0.39, 0.29) is 0 Å². The molecule has 1 aliphatic rings. The van der Waals surface area contributed by atoms with Crippen LogP contribution in [0.5, 0.6) is 0 Å². The second kappa shape index (κ2) is 5.13. The molecule has 0 radical (unpaired) electrons. The molecule has 0 amide bonds. The van der Waals surface area contributed by atoms with Crippen LogP contribution in [0, 0.1) is 11.3 Å². The largest absolute Gasteiger partial charge is 0.271 e. The lowest BCUT2D eigenvalue weighted by molar-refractivity contribution is 0.161. The summed E-state index contributed by atoms with van der Waals surface area (Å²) in [5.74, 6) is 6.36. The molecule has 0 aromatic rings. The SMILES string of the molecule is C=C(C)CC(NN)C1CCC(C)(C)CC1. The Bertz CT molecular complexity index is 211. The van der Waals surface area contributed by atoms with Crippen molar-refractivity contribution >= 4 is 0 Å². The molecule has 0 aliphatic heterocycles. The van der Waals surface area contributed by atoms with Gasteiger partial charge in [0, 0.05) is 6.04 Å². The van der Waals surface area contributed by atoms with Crippen LogP contribution in [0.15, 0.2) is 12.2 Å². The number of nitrogens with one attached hydrogen (secondary N) is 1. The topological polar surface area (TPSA) is 38.0 Å². The molecule has 1 atom stereocenters. The van der Waals surface area contributed by atoms with Gasteiger partial charge >= 0.3 is 0 Å². The van der Waals surface area contributed by atoms with Gasteiger partial charge in [-0.2, -0.15) is 0 Å². The van der Waals surface area contributed by atoms with E-state index < -0.39 is 0 Å². The van der Waals surface area contributed by atoms with Crippen LogP contribution in [0.25, 0.3) is 0 Å². The molecular weight excluding hydrogens is 184 g/mol. The van der Waals surface area contributed by atoms with Crippen molar-refractivity contribution in [1.29, 1.82) is 0 Å². The Morgan fingerprint density at radius 1 is 1.47 bits per heavy atom.